The minimum Gasteiger partial charge on any atom is -0.418 e. The molecule has 1 saturated heterocycles. The summed E-state index contributed by atoms with van der Waals surface area (Å²) in [5, 5.41) is 4.17. The van der Waals surface area contributed by atoms with Crippen molar-refractivity contribution < 1.29 is 22.4 Å². The van der Waals surface area contributed by atoms with E-state index in [1.807, 2.05) is 24.4 Å². The molecule has 190 valence electrons. The fourth-order valence-electron chi connectivity index (χ4n) is 4.50. The minimum absolute atomic E-state index is 0.00374. The Balaban J connectivity index is 1.45. The van der Waals surface area contributed by atoms with Crippen molar-refractivity contribution in [3.63, 3.8) is 0 Å². The number of hydrogen-bond acceptors (Lipinski definition) is 5. The van der Waals surface area contributed by atoms with E-state index in [0.29, 0.717) is 18.9 Å². The number of aromatic nitrogens is 2. The highest BCUT2D eigenvalue weighted by Crippen LogP contribution is 2.29. The molecule has 0 radical (unpaired) electrons. The lowest BCUT2D eigenvalue weighted by molar-refractivity contribution is -0.180. The summed E-state index contributed by atoms with van der Waals surface area (Å²) in [5.74, 6) is 0.0582. The van der Waals surface area contributed by atoms with Crippen molar-refractivity contribution in [1.82, 2.24) is 20.2 Å². The standard InChI is InChI=1S/C25H32F3N5O2/c1-16(2)8-9-18(12-17-13-29-20-7-5-4-6-19(17)20)31-23(34)21-14-30-24(35-21)33-11-10-32(3)22(15-33)25(26,27)28/h4-7,13-14,16,18,22,29H,8-12,15H2,1-3H3,(H,31,34). The molecule has 0 spiro atoms. The molecule has 35 heavy (non-hydrogen) atoms. The summed E-state index contributed by atoms with van der Waals surface area (Å²) < 4.78 is 45.7. The molecular formula is C25H32F3N5O2. The SMILES string of the molecule is CC(C)CCC(Cc1c[nH]c2ccccc12)NC(=O)c1cnc(N2CCN(C)C(C(F)(F)F)C2)o1. The lowest BCUT2D eigenvalue weighted by atomic mass is 9.97. The van der Waals surface area contributed by atoms with Crippen molar-refractivity contribution in [2.45, 2.75) is 51.4 Å². The Bertz CT molecular complexity index is 1140. The molecule has 3 aromatic rings. The highest BCUT2D eigenvalue weighted by atomic mass is 19.4. The van der Waals surface area contributed by atoms with Gasteiger partial charge in [-0.2, -0.15) is 13.2 Å². The van der Waals surface area contributed by atoms with Gasteiger partial charge in [0, 0.05) is 42.8 Å². The number of alkyl halides is 3. The van der Waals surface area contributed by atoms with Crippen LogP contribution in [0.25, 0.3) is 10.9 Å². The number of likely N-dealkylation sites (N-methyl/N-ethyl adjacent to an activating group) is 1. The van der Waals surface area contributed by atoms with Crippen LogP contribution < -0.4 is 10.2 Å². The second-order valence-electron chi connectivity index (χ2n) is 9.70. The molecule has 1 amide bonds. The van der Waals surface area contributed by atoms with Crippen LogP contribution in [0.2, 0.25) is 0 Å². The van der Waals surface area contributed by atoms with E-state index in [0.717, 1.165) is 29.3 Å². The molecule has 0 bridgehead atoms. The maximum atomic E-state index is 13.4. The first-order valence-corrected chi connectivity index (χ1v) is 12.0. The van der Waals surface area contributed by atoms with E-state index in [-0.39, 0.29) is 30.9 Å². The van der Waals surface area contributed by atoms with Crippen molar-refractivity contribution in [2.24, 2.45) is 5.92 Å². The zero-order chi connectivity index (χ0) is 25.2. The van der Waals surface area contributed by atoms with Crippen molar-refractivity contribution >= 4 is 22.8 Å². The average Bonchev–Trinajstić information content (AvgIpc) is 3.45. The van der Waals surface area contributed by atoms with Crippen LogP contribution in [-0.2, 0) is 6.42 Å². The van der Waals surface area contributed by atoms with Gasteiger partial charge in [-0.25, -0.2) is 4.98 Å². The lowest BCUT2D eigenvalue weighted by Gasteiger charge is -2.39. The number of para-hydroxylation sites is 1. The molecule has 3 heterocycles. The third-order valence-corrected chi connectivity index (χ3v) is 6.58. The Morgan fingerprint density at radius 1 is 1.26 bits per heavy atom. The third-order valence-electron chi connectivity index (χ3n) is 6.58. The first-order chi connectivity index (χ1) is 16.6. The number of anilines is 1. The molecule has 1 aliphatic rings. The molecule has 0 aliphatic carbocycles. The van der Waals surface area contributed by atoms with E-state index in [9.17, 15) is 18.0 Å². The molecule has 7 nitrogen and oxygen atoms in total. The predicted octanol–water partition coefficient (Wildman–Crippen LogP) is 4.62. The molecule has 0 saturated carbocycles. The molecule has 10 heteroatoms. The van der Waals surface area contributed by atoms with Gasteiger partial charge < -0.3 is 19.6 Å². The minimum atomic E-state index is -4.35. The highest BCUT2D eigenvalue weighted by molar-refractivity contribution is 5.91. The highest BCUT2D eigenvalue weighted by Gasteiger charge is 2.45. The van der Waals surface area contributed by atoms with Gasteiger partial charge in [0.1, 0.15) is 6.04 Å². The number of nitrogens with one attached hydrogen (secondary N) is 2. The van der Waals surface area contributed by atoms with Crippen molar-refractivity contribution in [3.8, 4) is 0 Å². The first-order valence-electron chi connectivity index (χ1n) is 12.0. The molecule has 2 atom stereocenters. The summed E-state index contributed by atoms with van der Waals surface area (Å²) in [6, 6.07) is 6.31. The number of oxazole rings is 1. The summed E-state index contributed by atoms with van der Waals surface area (Å²) in [6.45, 7) is 4.53. The number of carbonyl (C=O) groups is 1. The van der Waals surface area contributed by atoms with Gasteiger partial charge in [0.15, 0.2) is 0 Å². The number of halogens is 3. The molecule has 4 rings (SSSR count). The smallest absolute Gasteiger partial charge is 0.405 e. The van der Waals surface area contributed by atoms with Crippen LogP contribution in [0.1, 0.15) is 42.8 Å². The van der Waals surface area contributed by atoms with Crippen molar-refractivity contribution in [3.05, 3.63) is 48.0 Å². The number of benzene rings is 1. The van der Waals surface area contributed by atoms with Gasteiger partial charge in [0.2, 0.25) is 5.76 Å². The van der Waals surface area contributed by atoms with Gasteiger partial charge in [-0.3, -0.25) is 9.69 Å². The van der Waals surface area contributed by atoms with Gasteiger partial charge in [-0.1, -0.05) is 32.0 Å². The Morgan fingerprint density at radius 2 is 2.03 bits per heavy atom. The van der Waals surface area contributed by atoms with Crippen LogP contribution >= 0.6 is 0 Å². The van der Waals surface area contributed by atoms with Crippen LogP contribution in [0.3, 0.4) is 0 Å². The second-order valence-corrected chi connectivity index (χ2v) is 9.70. The fourth-order valence-corrected chi connectivity index (χ4v) is 4.50. The largest absolute Gasteiger partial charge is 0.418 e. The van der Waals surface area contributed by atoms with E-state index in [4.69, 9.17) is 4.42 Å². The van der Waals surface area contributed by atoms with E-state index >= 15 is 0 Å². The first kappa shape index (κ1) is 25.1. The van der Waals surface area contributed by atoms with Gasteiger partial charge in [0.05, 0.1) is 6.20 Å². The molecule has 2 unspecified atom stereocenters. The van der Waals surface area contributed by atoms with E-state index in [1.54, 1.807) is 0 Å². The summed E-state index contributed by atoms with van der Waals surface area (Å²) in [6.07, 6.45) is 1.28. The Kier molecular flexibility index (Phi) is 7.39. The summed E-state index contributed by atoms with van der Waals surface area (Å²) in [5.41, 5.74) is 2.16. The number of H-pyrrole nitrogens is 1. The van der Waals surface area contributed by atoms with Crippen LogP contribution in [-0.4, -0.2) is 65.7 Å². The molecular weight excluding hydrogens is 459 g/mol. The van der Waals surface area contributed by atoms with Crippen molar-refractivity contribution in [2.75, 3.05) is 31.6 Å². The topological polar surface area (TPSA) is 77.4 Å². The van der Waals surface area contributed by atoms with Crippen LogP contribution in [0.15, 0.2) is 41.1 Å². The number of carbonyl (C=O) groups excluding carboxylic acids is 1. The summed E-state index contributed by atoms with van der Waals surface area (Å²) in [4.78, 5) is 23.1. The quantitative estimate of drug-likeness (QED) is 0.481. The normalized spacial score (nSPS) is 18.4. The molecule has 2 N–H and O–H groups in total. The number of fused-ring (bicyclic) bond motifs is 1. The number of amides is 1. The van der Waals surface area contributed by atoms with Gasteiger partial charge in [-0.15, -0.1) is 0 Å². The lowest BCUT2D eigenvalue weighted by Crippen LogP contribution is -2.57. The predicted molar refractivity (Wildman–Crippen MR) is 129 cm³/mol. The Labute approximate surface area is 202 Å². The van der Waals surface area contributed by atoms with Gasteiger partial charge in [-0.05, 0) is 43.9 Å². The third kappa shape index (κ3) is 5.98. The van der Waals surface area contributed by atoms with E-state index in [1.165, 1.54) is 23.0 Å². The van der Waals surface area contributed by atoms with Gasteiger partial charge in [0.25, 0.3) is 11.9 Å². The Hall–Kier alpha value is -3.01. The monoisotopic (exact) mass is 491 g/mol. The molecule has 2 aromatic heterocycles. The average molecular weight is 492 g/mol. The summed E-state index contributed by atoms with van der Waals surface area (Å²) in [7, 11) is 1.45. The molecule has 1 aliphatic heterocycles. The van der Waals surface area contributed by atoms with E-state index in [2.05, 4.69) is 35.2 Å². The summed E-state index contributed by atoms with van der Waals surface area (Å²) >= 11 is 0. The number of aromatic amines is 1. The molecule has 1 fully saturated rings. The number of rotatable bonds is 8. The second kappa shape index (κ2) is 10.3. The van der Waals surface area contributed by atoms with Crippen molar-refractivity contribution in [1.29, 1.82) is 0 Å². The maximum Gasteiger partial charge on any atom is 0.405 e. The zero-order valence-corrected chi connectivity index (χ0v) is 20.2. The van der Waals surface area contributed by atoms with E-state index < -0.39 is 18.1 Å². The number of nitrogens with zero attached hydrogens (tertiary/aromatic N) is 3. The van der Waals surface area contributed by atoms with Crippen LogP contribution in [0, 0.1) is 5.92 Å². The van der Waals surface area contributed by atoms with Crippen LogP contribution in [0.5, 0.6) is 0 Å². The number of hydrogen-bond donors (Lipinski definition) is 2. The van der Waals surface area contributed by atoms with Gasteiger partial charge >= 0.3 is 6.18 Å². The molecule has 1 aromatic carbocycles. The zero-order valence-electron chi connectivity index (χ0n) is 20.2. The fraction of sp³-hybridized carbons (Fsp3) is 0.520. The number of piperazine rings is 1. The Morgan fingerprint density at radius 3 is 2.77 bits per heavy atom. The van der Waals surface area contributed by atoms with Crippen LogP contribution in [0.4, 0.5) is 19.2 Å². The maximum absolute atomic E-state index is 13.4.